The van der Waals surface area contributed by atoms with Gasteiger partial charge in [0.1, 0.15) is 10.4 Å². The van der Waals surface area contributed by atoms with Gasteiger partial charge in [0.05, 0.1) is 17.2 Å². The lowest BCUT2D eigenvalue weighted by molar-refractivity contribution is -0.139. The van der Waals surface area contributed by atoms with Crippen LogP contribution in [0.2, 0.25) is 0 Å². The average Bonchev–Trinajstić information content (AvgIpc) is 3.23. The van der Waals surface area contributed by atoms with E-state index in [2.05, 4.69) is 30.1 Å². The second-order valence-electron chi connectivity index (χ2n) is 7.54. The zero-order chi connectivity index (χ0) is 23.0. The quantitative estimate of drug-likeness (QED) is 0.613. The molecular weight excluding hydrogens is 445 g/mol. The molecule has 0 atom stereocenters. The van der Waals surface area contributed by atoms with E-state index in [-0.39, 0.29) is 17.0 Å². The van der Waals surface area contributed by atoms with E-state index in [4.69, 9.17) is 0 Å². The molecule has 0 radical (unpaired) electrons. The fraction of sp³-hybridized carbons (Fsp3) is 0.400. The molecule has 0 bridgehead atoms. The van der Waals surface area contributed by atoms with E-state index in [9.17, 15) is 22.8 Å². The molecule has 1 aliphatic rings. The largest absolute Gasteiger partial charge is 0.422 e. The Morgan fingerprint density at radius 3 is 2.59 bits per heavy atom. The number of aryl methyl sites for hydroxylation is 1. The minimum atomic E-state index is -4.73. The van der Waals surface area contributed by atoms with Crippen LogP contribution in [-0.4, -0.2) is 59.0 Å². The zero-order valence-corrected chi connectivity index (χ0v) is 18.2. The van der Waals surface area contributed by atoms with Crippen molar-refractivity contribution in [3.63, 3.8) is 0 Å². The van der Waals surface area contributed by atoms with Crippen molar-refractivity contribution < 1.29 is 18.0 Å². The number of hydrogen-bond donors (Lipinski definition) is 2. The van der Waals surface area contributed by atoms with Gasteiger partial charge in [0.2, 0.25) is 0 Å². The third-order valence-electron chi connectivity index (χ3n) is 5.43. The number of alkyl halides is 3. The van der Waals surface area contributed by atoms with Gasteiger partial charge in [-0.05, 0) is 24.1 Å². The molecule has 3 aromatic rings. The van der Waals surface area contributed by atoms with Crippen molar-refractivity contribution in [1.29, 1.82) is 0 Å². The van der Waals surface area contributed by atoms with Crippen LogP contribution < -0.4 is 15.8 Å². The van der Waals surface area contributed by atoms with Gasteiger partial charge in [0.15, 0.2) is 5.13 Å². The predicted octanol–water partition coefficient (Wildman–Crippen LogP) is 2.39. The number of anilines is 1. The molecule has 32 heavy (non-hydrogen) atoms. The monoisotopic (exact) mass is 466 g/mol. The van der Waals surface area contributed by atoms with Gasteiger partial charge in [-0.2, -0.15) is 13.2 Å². The fourth-order valence-corrected chi connectivity index (χ4v) is 4.71. The molecule has 0 unspecified atom stereocenters. The summed E-state index contributed by atoms with van der Waals surface area (Å²) in [6.07, 6.45) is -1.61. The number of hydrogen-bond acceptors (Lipinski definition) is 7. The Kier molecular flexibility index (Phi) is 5.91. The lowest BCUT2D eigenvalue weighted by atomic mass is 10.1. The second-order valence-corrected chi connectivity index (χ2v) is 8.55. The van der Waals surface area contributed by atoms with E-state index in [1.54, 1.807) is 25.5 Å². The van der Waals surface area contributed by atoms with Crippen molar-refractivity contribution >= 4 is 33.4 Å². The summed E-state index contributed by atoms with van der Waals surface area (Å²) in [5.74, 6) is -0.160. The van der Waals surface area contributed by atoms with Gasteiger partial charge in [-0.15, -0.1) is 0 Å². The van der Waals surface area contributed by atoms with Crippen molar-refractivity contribution in [2.75, 3.05) is 38.1 Å². The van der Waals surface area contributed by atoms with E-state index in [0.29, 0.717) is 16.9 Å². The van der Waals surface area contributed by atoms with E-state index in [1.165, 1.54) is 18.3 Å². The number of nitrogens with zero attached hydrogens (tertiary/aromatic N) is 4. The maximum Gasteiger partial charge on any atom is 0.422 e. The van der Waals surface area contributed by atoms with Crippen molar-refractivity contribution in [2.24, 2.45) is 0 Å². The number of rotatable bonds is 4. The maximum absolute atomic E-state index is 13.2. The summed E-state index contributed by atoms with van der Waals surface area (Å²) < 4.78 is 39.5. The first kappa shape index (κ1) is 22.2. The number of halogens is 3. The summed E-state index contributed by atoms with van der Waals surface area (Å²) in [7, 11) is 1.58. The summed E-state index contributed by atoms with van der Waals surface area (Å²) in [6, 6.07) is 1.68. The van der Waals surface area contributed by atoms with Gasteiger partial charge in [0, 0.05) is 46.0 Å². The van der Waals surface area contributed by atoms with Gasteiger partial charge < -0.3 is 15.2 Å². The zero-order valence-electron chi connectivity index (χ0n) is 17.4. The summed E-state index contributed by atoms with van der Waals surface area (Å²) in [5, 5.41) is 3.38. The second kappa shape index (κ2) is 8.51. The Balaban J connectivity index is 1.45. The Bertz CT molecular complexity index is 1210. The predicted molar refractivity (Wildman–Crippen MR) is 115 cm³/mol. The van der Waals surface area contributed by atoms with Crippen LogP contribution in [0.4, 0.5) is 18.3 Å². The van der Waals surface area contributed by atoms with Gasteiger partial charge in [-0.25, -0.2) is 4.98 Å². The van der Waals surface area contributed by atoms with Crippen LogP contribution in [0, 0.1) is 6.92 Å². The molecule has 4 heterocycles. The number of aromatic nitrogens is 3. The van der Waals surface area contributed by atoms with Gasteiger partial charge in [-0.3, -0.25) is 19.5 Å². The first-order valence-electron chi connectivity index (χ1n) is 9.91. The van der Waals surface area contributed by atoms with Gasteiger partial charge in [-0.1, -0.05) is 11.3 Å². The molecule has 4 rings (SSSR count). The number of H-pyrrole nitrogens is 1. The number of nitrogens with one attached hydrogen (secondary N) is 2. The van der Waals surface area contributed by atoms with Crippen molar-refractivity contribution in [3.05, 3.63) is 50.4 Å². The summed E-state index contributed by atoms with van der Waals surface area (Å²) in [5.41, 5.74) is -1.30. The van der Waals surface area contributed by atoms with E-state index in [0.717, 1.165) is 36.9 Å². The van der Waals surface area contributed by atoms with Crippen LogP contribution in [0.5, 0.6) is 0 Å². The molecule has 1 saturated heterocycles. The molecule has 1 amide bonds. The molecule has 1 fully saturated rings. The smallest absolute Gasteiger partial charge is 0.354 e. The number of aromatic amines is 1. The lowest BCUT2D eigenvalue weighted by Crippen LogP contribution is -2.45. The van der Waals surface area contributed by atoms with E-state index in [1.807, 2.05) is 0 Å². The molecular formula is C20H21F3N6O2S. The van der Waals surface area contributed by atoms with E-state index < -0.39 is 17.3 Å². The molecule has 0 saturated carbocycles. The molecule has 3 aromatic heterocycles. The Morgan fingerprint density at radius 2 is 1.94 bits per heavy atom. The normalized spacial score (nSPS) is 15.3. The number of carbonyl (C=O) groups excluding carboxylic acids is 1. The number of pyridine rings is 2. The van der Waals surface area contributed by atoms with Crippen LogP contribution in [0.15, 0.2) is 23.3 Å². The highest BCUT2D eigenvalue weighted by Gasteiger charge is 2.36. The molecule has 8 nitrogen and oxygen atoms in total. The van der Waals surface area contributed by atoms with Crippen LogP contribution in [0.3, 0.4) is 0 Å². The number of thiazole rings is 1. The molecule has 0 aliphatic carbocycles. The number of amides is 1. The van der Waals surface area contributed by atoms with Gasteiger partial charge in [0.25, 0.3) is 11.5 Å². The number of carbonyl (C=O) groups is 1. The minimum absolute atomic E-state index is 0.140. The van der Waals surface area contributed by atoms with Crippen LogP contribution in [0.1, 0.15) is 26.4 Å². The first-order chi connectivity index (χ1) is 15.2. The van der Waals surface area contributed by atoms with Crippen LogP contribution >= 0.6 is 11.3 Å². The summed E-state index contributed by atoms with van der Waals surface area (Å²) in [6.45, 7) is 4.77. The molecule has 0 aromatic carbocycles. The minimum Gasteiger partial charge on any atom is -0.354 e. The maximum atomic E-state index is 13.2. The highest BCUT2D eigenvalue weighted by molar-refractivity contribution is 7.17. The first-order valence-corrected chi connectivity index (χ1v) is 10.7. The van der Waals surface area contributed by atoms with Crippen molar-refractivity contribution in [2.45, 2.75) is 19.6 Å². The summed E-state index contributed by atoms with van der Waals surface area (Å²) >= 11 is 1.34. The Hall–Kier alpha value is -2.99. The van der Waals surface area contributed by atoms with Crippen molar-refractivity contribution in [3.8, 4) is 0 Å². The van der Waals surface area contributed by atoms with E-state index >= 15 is 0 Å². The lowest BCUT2D eigenvalue weighted by Gasteiger charge is -2.34. The van der Waals surface area contributed by atoms with Crippen LogP contribution in [0.25, 0.3) is 11.0 Å². The third kappa shape index (κ3) is 4.32. The van der Waals surface area contributed by atoms with Crippen LogP contribution in [-0.2, 0) is 12.7 Å². The highest BCUT2D eigenvalue weighted by Crippen LogP contribution is 2.31. The molecule has 2 N–H and O–H groups in total. The standard InChI is InChI=1S/C20H21F3N6O2S/c1-11-15(20(21,22)23)18(31)27-13-7-12(8-25-16(11)13)10-28-3-5-29(6-4-28)19-26-9-14(32-19)17(30)24-2/h7-9H,3-6,10H2,1-2H3,(H,24,30)(H,27,31). The third-order valence-corrected chi connectivity index (χ3v) is 6.48. The summed E-state index contributed by atoms with van der Waals surface area (Å²) in [4.78, 5) is 39.4. The van der Waals surface area contributed by atoms with Crippen molar-refractivity contribution in [1.82, 2.24) is 25.2 Å². The Morgan fingerprint density at radius 1 is 1.22 bits per heavy atom. The molecule has 0 spiro atoms. The Labute approximate surface area is 185 Å². The number of piperazine rings is 1. The van der Waals surface area contributed by atoms with Gasteiger partial charge >= 0.3 is 6.18 Å². The molecule has 170 valence electrons. The highest BCUT2D eigenvalue weighted by atomic mass is 32.1. The fourth-order valence-electron chi connectivity index (χ4n) is 3.80. The average molecular weight is 466 g/mol. The molecule has 1 aliphatic heterocycles. The molecule has 12 heteroatoms. The SMILES string of the molecule is CNC(=O)c1cnc(N2CCN(Cc3cnc4c(C)c(C(F)(F)F)c(=O)[nH]c4c3)CC2)s1. The topological polar surface area (TPSA) is 94.2 Å². The number of fused-ring (bicyclic) bond motifs is 1.